The topological polar surface area (TPSA) is 88.5 Å². The summed E-state index contributed by atoms with van der Waals surface area (Å²) < 4.78 is 44.2. The van der Waals surface area contributed by atoms with Crippen molar-refractivity contribution < 1.29 is 13.2 Å². The van der Waals surface area contributed by atoms with E-state index in [4.69, 9.17) is 0 Å². The SMILES string of the molecule is C[C@H](Nc1ncnc2[nH]cnc12)c1cc2cccc(F)c2c(=O)n1-c1cc(F)ccc1F. The molecule has 0 saturated carbocycles. The highest BCUT2D eigenvalue weighted by Gasteiger charge is 2.21. The number of rotatable bonds is 4. The molecule has 160 valence electrons. The molecule has 0 spiro atoms. The lowest BCUT2D eigenvalue weighted by Crippen LogP contribution is -2.27. The average Bonchev–Trinajstić information content (AvgIpc) is 3.25. The van der Waals surface area contributed by atoms with Crippen molar-refractivity contribution in [2.45, 2.75) is 13.0 Å². The van der Waals surface area contributed by atoms with Crippen LogP contribution in [0, 0.1) is 17.5 Å². The molecule has 0 radical (unpaired) electrons. The van der Waals surface area contributed by atoms with Crippen molar-refractivity contribution in [3.05, 3.63) is 88.6 Å². The molecule has 0 amide bonds. The third kappa shape index (κ3) is 3.16. The highest BCUT2D eigenvalue weighted by Crippen LogP contribution is 2.27. The van der Waals surface area contributed by atoms with Crippen molar-refractivity contribution in [3.63, 3.8) is 0 Å². The zero-order chi connectivity index (χ0) is 22.4. The summed E-state index contributed by atoms with van der Waals surface area (Å²) in [6.45, 7) is 1.72. The normalized spacial score (nSPS) is 12.4. The number of pyridine rings is 1. The Morgan fingerprint density at radius 3 is 2.72 bits per heavy atom. The minimum atomic E-state index is -0.825. The Bertz CT molecular complexity index is 1540. The van der Waals surface area contributed by atoms with Crippen LogP contribution in [-0.4, -0.2) is 24.5 Å². The number of imidazole rings is 1. The van der Waals surface area contributed by atoms with Gasteiger partial charge in [0.2, 0.25) is 0 Å². The number of anilines is 1. The standard InChI is InChI=1S/C22H15F3N6O/c1-11(30-21-19-20(27-9-26-19)28-10-29-21)16-7-12-3-2-4-15(25)18(12)22(32)31(16)17-8-13(23)5-6-14(17)24/h2-11H,1H3,(H2,26,27,28,29,30)/t11-/m0/s1. The van der Waals surface area contributed by atoms with Crippen molar-refractivity contribution in [2.75, 3.05) is 5.32 Å². The van der Waals surface area contributed by atoms with Gasteiger partial charge in [0.15, 0.2) is 11.5 Å². The Morgan fingerprint density at radius 1 is 1.03 bits per heavy atom. The van der Waals surface area contributed by atoms with E-state index in [2.05, 4.69) is 25.3 Å². The Balaban J connectivity index is 1.75. The van der Waals surface area contributed by atoms with Crippen LogP contribution in [0.5, 0.6) is 0 Å². The van der Waals surface area contributed by atoms with Crippen LogP contribution in [0.15, 0.2) is 59.9 Å². The fraction of sp³-hybridized carbons (Fsp3) is 0.0909. The Hall–Kier alpha value is -4.21. The van der Waals surface area contributed by atoms with Gasteiger partial charge in [-0.2, -0.15) is 0 Å². The molecule has 3 aromatic heterocycles. The van der Waals surface area contributed by atoms with Crippen molar-refractivity contribution in [3.8, 4) is 5.69 Å². The maximum absolute atomic E-state index is 14.7. The largest absolute Gasteiger partial charge is 0.360 e. The quantitative estimate of drug-likeness (QED) is 0.440. The van der Waals surface area contributed by atoms with Crippen LogP contribution >= 0.6 is 0 Å². The molecule has 0 bridgehead atoms. The van der Waals surface area contributed by atoms with Crippen LogP contribution in [0.3, 0.4) is 0 Å². The summed E-state index contributed by atoms with van der Waals surface area (Å²) in [4.78, 5) is 28.6. The summed E-state index contributed by atoms with van der Waals surface area (Å²) in [5, 5.41) is 3.25. The Kier molecular flexibility index (Phi) is 4.62. The van der Waals surface area contributed by atoms with Gasteiger partial charge < -0.3 is 10.3 Å². The fourth-order valence-corrected chi connectivity index (χ4v) is 3.71. The van der Waals surface area contributed by atoms with Gasteiger partial charge >= 0.3 is 0 Å². The summed E-state index contributed by atoms with van der Waals surface area (Å²) in [5.74, 6) is -1.93. The third-order valence-electron chi connectivity index (χ3n) is 5.19. The Morgan fingerprint density at radius 2 is 1.88 bits per heavy atom. The highest BCUT2D eigenvalue weighted by molar-refractivity contribution is 5.84. The number of fused-ring (bicyclic) bond motifs is 2. The maximum atomic E-state index is 14.7. The van der Waals surface area contributed by atoms with Gasteiger partial charge in [0.1, 0.15) is 29.3 Å². The number of aromatic amines is 1. The van der Waals surface area contributed by atoms with Crippen LogP contribution < -0.4 is 10.9 Å². The summed E-state index contributed by atoms with van der Waals surface area (Å²) in [5.41, 5.74) is 0.124. The number of nitrogens with one attached hydrogen (secondary N) is 2. The van der Waals surface area contributed by atoms with Crippen molar-refractivity contribution >= 4 is 27.8 Å². The first-order valence-corrected chi connectivity index (χ1v) is 9.64. The van der Waals surface area contributed by atoms with E-state index in [9.17, 15) is 18.0 Å². The minimum Gasteiger partial charge on any atom is -0.360 e. The molecular formula is C22H15F3N6O. The molecule has 2 aromatic carbocycles. The van der Waals surface area contributed by atoms with E-state index >= 15 is 0 Å². The van der Waals surface area contributed by atoms with Crippen molar-refractivity contribution in [1.82, 2.24) is 24.5 Å². The molecule has 0 unspecified atom stereocenters. The number of benzene rings is 2. The van der Waals surface area contributed by atoms with E-state index in [1.807, 2.05) is 0 Å². The van der Waals surface area contributed by atoms with Gasteiger partial charge in [-0.1, -0.05) is 12.1 Å². The van der Waals surface area contributed by atoms with Gasteiger partial charge in [0.25, 0.3) is 5.56 Å². The lowest BCUT2D eigenvalue weighted by Gasteiger charge is -2.21. The van der Waals surface area contributed by atoms with E-state index in [0.717, 1.165) is 28.8 Å². The second kappa shape index (κ2) is 7.49. The zero-order valence-corrected chi connectivity index (χ0v) is 16.6. The zero-order valence-electron chi connectivity index (χ0n) is 16.6. The molecule has 1 atom stereocenters. The summed E-state index contributed by atoms with van der Waals surface area (Å²) >= 11 is 0. The predicted molar refractivity (Wildman–Crippen MR) is 113 cm³/mol. The molecule has 0 aliphatic heterocycles. The minimum absolute atomic E-state index is 0.219. The van der Waals surface area contributed by atoms with Gasteiger partial charge in [-0.3, -0.25) is 9.36 Å². The molecule has 7 nitrogen and oxygen atoms in total. The molecule has 10 heteroatoms. The molecule has 0 saturated heterocycles. The first kappa shape index (κ1) is 19.7. The summed E-state index contributed by atoms with van der Waals surface area (Å²) in [6, 6.07) is 7.90. The molecule has 3 heterocycles. The number of halogens is 3. The molecule has 0 aliphatic carbocycles. The van der Waals surface area contributed by atoms with E-state index in [1.165, 1.54) is 18.7 Å². The fourth-order valence-electron chi connectivity index (χ4n) is 3.71. The van der Waals surface area contributed by atoms with Crippen LogP contribution in [0.1, 0.15) is 18.7 Å². The smallest absolute Gasteiger partial charge is 0.266 e. The van der Waals surface area contributed by atoms with E-state index in [1.54, 1.807) is 19.1 Å². The first-order chi connectivity index (χ1) is 15.4. The second-order valence-corrected chi connectivity index (χ2v) is 7.20. The average molecular weight is 436 g/mol. The number of hydrogen-bond donors (Lipinski definition) is 2. The molecular weight excluding hydrogens is 421 g/mol. The van der Waals surface area contributed by atoms with Gasteiger partial charge in [-0.05, 0) is 36.6 Å². The molecule has 0 aliphatic rings. The molecule has 2 N–H and O–H groups in total. The molecule has 0 fully saturated rings. The number of hydrogen-bond acceptors (Lipinski definition) is 5. The van der Waals surface area contributed by atoms with Crippen LogP contribution in [0.25, 0.3) is 27.6 Å². The van der Waals surface area contributed by atoms with Gasteiger partial charge in [-0.25, -0.2) is 28.1 Å². The van der Waals surface area contributed by atoms with E-state index < -0.39 is 29.1 Å². The molecule has 5 aromatic rings. The third-order valence-corrected chi connectivity index (χ3v) is 5.19. The lowest BCUT2D eigenvalue weighted by molar-refractivity contribution is 0.586. The predicted octanol–water partition coefficient (Wildman–Crippen LogP) is 4.25. The van der Waals surface area contributed by atoms with Gasteiger partial charge in [0, 0.05) is 11.8 Å². The molecule has 32 heavy (non-hydrogen) atoms. The second-order valence-electron chi connectivity index (χ2n) is 7.20. The van der Waals surface area contributed by atoms with Crippen LogP contribution in [0.4, 0.5) is 19.0 Å². The maximum Gasteiger partial charge on any atom is 0.266 e. The summed E-state index contributed by atoms with van der Waals surface area (Å²) in [6.07, 6.45) is 2.80. The van der Waals surface area contributed by atoms with E-state index in [-0.39, 0.29) is 16.8 Å². The monoisotopic (exact) mass is 436 g/mol. The highest BCUT2D eigenvalue weighted by atomic mass is 19.1. The number of H-pyrrole nitrogens is 1. The van der Waals surface area contributed by atoms with Crippen LogP contribution in [-0.2, 0) is 0 Å². The molecule has 5 rings (SSSR count). The summed E-state index contributed by atoms with van der Waals surface area (Å²) in [7, 11) is 0. The van der Waals surface area contributed by atoms with E-state index in [0.29, 0.717) is 22.4 Å². The lowest BCUT2D eigenvalue weighted by atomic mass is 10.1. The van der Waals surface area contributed by atoms with Crippen LogP contribution in [0.2, 0.25) is 0 Å². The number of nitrogens with zero attached hydrogens (tertiary/aromatic N) is 4. The van der Waals surface area contributed by atoms with Gasteiger partial charge in [-0.15, -0.1) is 0 Å². The van der Waals surface area contributed by atoms with Crippen molar-refractivity contribution in [2.24, 2.45) is 0 Å². The number of aromatic nitrogens is 5. The van der Waals surface area contributed by atoms with Crippen molar-refractivity contribution in [1.29, 1.82) is 0 Å². The Labute approximate surface area is 178 Å². The first-order valence-electron chi connectivity index (χ1n) is 9.64. The van der Waals surface area contributed by atoms with Gasteiger partial charge in [0.05, 0.1) is 23.4 Å².